The fourth-order valence-corrected chi connectivity index (χ4v) is 2.33. The van der Waals surface area contributed by atoms with Gasteiger partial charge in [-0.1, -0.05) is 0 Å². The number of phenols is 1. The summed E-state index contributed by atoms with van der Waals surface area (Å²) in [5, 5.41) is 16.9. The Kier molecular flexibility index (Phi) is 1.72. The molecule has 5 heteroatoms. The van der Waals surface area contributed by atoms with Gasteiger partial charge in [0.05, 0.1) is 16.4 Å². The Bertz CT molecular complexity index is 600. The topological polar surface area (TPSA) is 61.8 Å². The number of rotatable bonds is 1. The van der Waals surface area contributed by atoms with Crippen LogP contribution >= 0.6 is 11.3 Å². The van der Waals surface area contributed by atoms with Gasteiger partial charge in [0.15, 0.2) is 0 Å². The Morgan fingerprint density at radius 2 is 2.27 bits per heavy atom. The molecule has 2 heterocycles. The zero-order chi connectivity index (χ0) is 10.3. The Morgan fingerprint density at radius 1 is 1.33 bits per heavy atom. The van der Waals surface area contributed by atoms with Crippen molar-refractivity contribution in [3.05, 3.63) is 30.6 Å². The lowest BCUT2D eigenvalue weighted by molar-refractivity contribution is 0.476. The highest BCUT2D eigenvalue weighted by atomic mass is 32.1. The number of nitrogens with zero attached hydrogens (tertiary/aromatic N) is 2. The van der Waals surface area contributed by atoms with E-state index in [0.29, 0.717) is 0 Å². The molecule has 0 fully saturated rings. The van der Waals surface area contributed by atoms with Gasteiger partial charge in [-0.15, -0.1) is 11.3 Å². The molecule has 74 valence electrons. The molecule has 0 spiro atoms. The molecule has 0 amide bonds. The third-order valence-corrected chi connectivity index (χ3v) is 3.20. The minimum atomic E-state index is 0.242. The summed E-state index contributed by atoms with van der Waals surface area (Å²) in [6.45, 7) is 0. The van der Waals surface area contributed by atoms with Crippen LogP contribution in [0.1, 0.15) is 0 Å². The monoisotopic (exact) mass is 217 g/mol. The van der Waals surface area contributed by atoms with Gasteiger partial charge in [0.25, 0.3) is 0 Å². The molecule has 0 aliphatic heterocycles. The van der Waals surface area contributed by atoms with Crippen LogP contribution in [0.4, 0.5) is 0 Å². The van der Waals surface area contributed by atoms with E-state index < -0.39 is 0 Å². The molecular weight excluding hydrogens is 210 g/mol. The molecule has 2 aromatic heterocycles. The SMILES string of the molecule is Oc1ccc2sc(-c3cn[nH]c3)nc2c1. The number of nitrogens with one attached hydrogen (secondary N) is 1. The molecule has 0 aliphatic rings. The summed E-state index contributed by atoms with van der Waals surface area (Å²) in [6, 6.07) is 5.20. The summed E-state index contributed by atoms with van der Waals surface area (Å²) in [6.07, 6.45) is 3.54. The fourth-order valence-electron chi connectivity index (χ4n) is 1.41. The van der Waals surface area contributed by atoms with Crippen molar-refractivity contribution in [1.82, 2.24) is 15.2 Å². The van der Waals surface area contributed by atoms with E-state index in [0.717, 1.165) is 20.8 Å². The van der Waals surface area contributed by atoms with E-state index in [9.17, 15) is 5.11 Å². The van der Waals surface area contributed by atoms with Crippen molar-refractivity contribution < 1.29 is 5.11 Å². The first-order valence-electron chi connectivity index (χ1n) is 4.41. The molecule has 0 saturated heterocycles. The first-order chi connectivity index (χ1) is 7.33. The average molecular weight is 217 g/mol. The molecule has 0 bridgehead atoms. The average Bonchev–Trinajstić information content (AvgIpc) is 2.84. The van der Waals surface area contributed by atoms with Gasteiger partial charge in [-0.25, -0.2) is 4.98 Å². The number of phenolic OH excluding ortho intramolecular Hbond substituents is 1. The van der Waals surface area contributed by atoms with Gasteiger partial charge < -0.3 is 5.11 Å². The summed E-state index contributed by atoms with van der Waals surface area (Å²) in [5.41, 5.74) is 1.78. The van der Waals surface area contributed by atoms with E-state index in [2.05, 4.69) is 15.2 Å². The van der Waals surface area contributed by atoms with Crippen LogP contribution in [0, 0.1) is 0 Å². The lowest BCUT2D eigenvalue weighted by atomic mass is 10.3. The molecule has 0 unspecified atom stereocenters. The minimum Gasteiger partial charge on any atom is -0.508 e. The van der Waals surface area contributed by atoms with E-state index in [1.165, 1.54) is 0 Å². The van der Waals surface area contributed by atoms with Crippen LogP contribution in [-0.4, -0.2) is 20.3 Å². The Morgan fingerprint density at radius 3 is 3.07 bits per heavy atom. The molecule has 15 heavy (non-hydrogen) atoms. The van der Waals surface area contributed by atoms with Crippen LogP contribution in [0.25, 0.3) is 20.8 Å². The number of fused-ring (bicyclic) bond motifs is 1. The van der Waals surface area contributed by atoms with Crippen molar-refractivity contribution in [3.63, 3.8) is 0 Å². The normalized spacial score (nSPS) is 10.9. The summed E-state index contributed by atoms with van der Waals surface area (Å²) in [5.74, 6) is 0.242. The van der Waals surface area contributed by atoms with Crippen LogP contribution in [0.15, 0.2) is 30.6 Å². The van der Waals surface area contributed by atoms with Gasteiger partial charge in [-0.3, -0.25) is 5.10 Å². The number of benzene rings is 1. The summed E-state index contributed by atoms with van der Waals surface area (Å²) in [7, 11) is 0. The second-order valence-corrected chi connectivity index (χ2v) is 4.19. The van der Waals surface area contributed by atoms with Crippen LogP contribution in [0.5, 0.6) is 5.75 Å². The lowest BCUT2D eigenvalue weighted by Crippen LogP contribution is -1.70. The van der Waals surface area contributed by atoms with Gasteiger partial charge in [-0.05, 0) is 12.1 Å². The molecule has 2 N–H and O–H groups in total. The fraction of sp³-hybridized carbons (Fsp3) is 0. The Balaban J connectivity index is 2.22. The number of thiazole rings is 1. The number of aromatic amines is 1. The van der Waals surface area contributed by atoms with Crippen molar-refractivity contribution in [2.45, 2.75) is 0 Å². The van der Waals surface area contributed by atoms with E-state index in [1.54, 1.807) is 35.9 Å². The maximum absolute atomic E-state index is 9.32. The number of aromatic nitrogens is 3. The standard InChI is InChI=1S/C10H7N3OS/c14-7-1-2-9-8(3-7)13-10(15-9)6-4-11-12-5-6/h1-5,14H,(H,11,12). The Labute approximate surface area is 89.2 Å². The molecule has 0 radical (unpaired) electrons. The zero-order valence-corrected chi connectivity index (χ0v) is 8.45. The second-order valence-electron chi connectivity index (χ2n) is 3.16. The maximum Gasteiger partial charge on any atom is 0.127 e. The number of hydrogen-bond acceptors (Lipinski definition) is 4. The first-order valence-corrected chi connectivity index (χ1v) is 5.23. The molecular formula is C10H7N3OS. The predicted octanol–water partition coefficient (Wildman–Crippen LogP) is 2.39. The number of aromatic hydroxyl groups is 1. The van der Waals surface area contributed by atoms with Gasteiger partial charge in [0.2, 0.25) is 0 Å². The van der Waals surface area contributed by atoms with Crippen LogP contribution in [0.3, 0.4) is 0 Å². The van der Waals surface area contributed by atoms with Crippen molar-refractivity contribution in [3.8, 4) is 16.3 Å². The van der Waals surface area contributed by atoms with Crippen molar-refractivity contribution >= 4 is 21.6 Å². The first kappa shape index (κ1) is 8.43. The second kappa shape index (κ2) is 3.06. The van der Waals surface area contributed by atoms with Gasteiger partial charge >= 0.3 is 0 Å². The van der Waals surface area contributed by atoms with Gasteiger partial charge in [0, 0.05) is 17.8 Å². The summed E-state index contributed by atoms with van der Waals surface area (Å²) >= 11 is 1.58. The zero-order valence-electron chi connectivity index (χ0n) is 7.64. The third kappa shape index (κ3) is 1.37. The minimum absolute atomic E-state index is 0.242. The quantitative estimate of drug-likeness (QED) is 0.658. The third-order valence-electron chi connectivity index (χ3n) is 2.12. The van der Waals surface area contributed by atoms with Crippen LogP contribution < -0.4 is 0 Å². The highest BCUT2D eigenvalue weighted by Gasteiger charge is 2.07. The highest BCUT2D eigenvalue weighted by Crippen LogP contribution is 2.30. The van der Waals surface area contributed by atoms with E-state index >= 15 is 0 Å². The van der Waals surface area contributed by atoms with Gasteiger partial charge in [0.1, 0.15) is 10.8 Å². The largest absolute Gasteiger partial charge is 0.508 e. The van der Waals surface area contributed by atoms with Crippen molar-refractivity contribution in [2.75, 3.05) is 0 Å². The summed E-state index contributed by atoms with van der Waals surface area (Å²) in [4.78, 5) is 4.41. The molecule has 3 aromatic rings. The van der Waals surface area contributed by atoms with Gasteiger partial charge in [-0.2, -0.15) is 5.10 Å². The molecule has 0 aliphatic carbocycles. The highest BCUT2D eigenvalue weighted by molar-refractivity contribution is 7.21. The molecule has 0 atom stereocenters. The maximum atomic E-state index is 9.32. The number of hydrogen-bond donors (Lipinski definition) is 2. The van der Waals surface area contributed by atoms with Crippen LogP contribution in [-0.2, 0) is 0 Å². The molecule has 1 aromatic carbocycles. The van der Waals surface area contributed by atoms with E-state index in [4.69, 9.17) is 0 Å². The smallest absolute Gasteiger partial charge is 0.127 e. The number of H-pyrrole nitrogens is 1. The van der Waals surface area contributed by atoms with E-state index in [-0.39, 0.29) is 5.75 Å². The molecule has 3 rings (SSSR count). The van der Waals surface area contributed by atoms with Crippen LogP contribution in [0.2, 0.25) is 0 Å². The lowest BCUT2D eigenvalue weighted by Gasteiger charge is -1.88. The predicted molar refractivity (Wildman–Crippen MR) is 58.9 cm³/mol. The Hall–Kier alpha value is -1.88. The molecule has 0 saturated carbocycles. The summed E-state index contributed by atoms with van der Waals surface area (Å²) < 4.78 is 1.06. The van der Waals surface area contributed by atoms with Crippen molar-refractivity contribution in [2.24, 2.45) is 0 Å². The van der Waals surface area contributed by atoms with E-state index in [1.807, 2.05) is 6.07 Å². The van der Waals surface area contributed by atoms with Crippen molar-refractivity contribution in [1.29, 1.82) is 0 Å². The molecule has 4 nitrogen and oxygen atoms in total.